The summed E-state index contributed by atoms with van der Waals surface area (Å²) in [4.78, 5) is 0. The van der Waals surface area contributed by atoms with E-state index in [0.717, 1.165) is 0 Å². The standard InChI is InChI=1S/C6F15NO/c7-1(8,3(11,12)5(15,16)17)2(9,10)4(13,14)6(18,19)22(20,21)23. The molecular weight excluding hydrogens is 387 g/mol. The van der Waals surface area contributed by atoms with E-state index in [2.05, 4.69) is 0 Å². The van der Waals surface area contributed by atoms with Gasteiger partial charge in [-0.15, -0.1) is 8.78 Å². The van der Waals surface area contributed by atoms with Crippen LogP contribution in [0.2, 0.25) is 0 Å². The van der Waals surface area contributed by atoms with Gasteiger partial charge in [-0.3, -0.25) is 0 Å². The lowest BCUT2D eigenvalue weighted by molar-refractivity contribution is -1.20. The molecule has 0 bridgehead atoms. The van der Waals surface area contributed by atoms with Crippen molar-refractivity contribution in [1.29, 1.82) is 0 Å². The van der Waals surface area contributed by atoms with Crippen LogP contribution in [0.15, 0.2) is 0 Å². The number of hydroxylamine groups is 1. The highest BCUT2D eigenvalue weighted by molar-refractivity contribution is 5.08. The Labute approximate surface area is 114 Å². The average Bonchev–Trinajstić information content (AvgIpc) is 2.24. The molecule has 0 aromatic heterocycles. The van der Waals surface area contributed by atoms with Crippen LogP contribution in [0.25, 0.3) is 0 Å². The molecule has 17 heteroatoms. The van der Waals surface area contributed by atoms with Crippen molar-refractivity contribution >= 4 is 0 Å². The van der Waals surface area contributed by atoms with E-state index in [-0.39, 0.29) is 0 Å². The van der Waals surface area contributed by atoms with Crippen LogP contribution in [0.3, 0.4) is 0 Å². The molecule has 0 amide bonds. The van der Waals surface area contributed by atoms with Crippen LogP contribution in [0.1, 0.15) is 0 Å². The Kier molecular flexibility index (Phi) is 4.69. The maximum atomic E-state index is 12.6. The van der Waals surface area contributed by atoms with Crippen LogP contribution in [0.5, 0.6) is 0 Å². The second kappa shape index (κ2) is 4.93. The van der Waals surface area contributed by atoms with Gasteiger partial charge >= 0.3 is 35.9 Å². The molecule has 0 radical (unpaired) electrons. The molecule has 0 aliphatic rings. The van der Waals surface area contributed by atoms with Gasteiger partial charge in [-0.25, -0.2) is 0 Å². The summed E-state index contributed by atoms with van der Waals surface area (Å²) in [5.74, 6) is -33.1. The average molecular weight is 387 g/mol. The van der Waals surface area contributed by atoms with Gasteiger partial charge in [0.1, 0.15) is 5.09 Å². The molecule has 0 aromatic rings. The first-order valence-corrected chi connectivity index (χ1v) is 4.45. The Morgan fingerprint density at radius 2 is 0.739 bits per heavy atom. The van der Waals surface area contributed by atoms with Gasteiger partial charge in [-0.1, -0.05) is 0 Å². The van der Waals surface area contributed by atoms with Gasteiger partial charge in [0.2, 0.25) is 0 Å². The Morgan fingerprint density at radius 3 is 0.957 bits per heavy atom. The molecule has 0 N–H and O–H groups in total. The fourth-order valence-corrected chi connectivity index (χ4v) is 0.925. The molecule has 0 aromatic carbocycles. The maximum Gasteiger partial charge on any atom is 0.535 e. The van der Waals surface area contributed by atoms with E-state index in [0.29, 0.717) is 0 Å². The van der Waals surface area contributed by atoms with Crippen molar-refractivity contribution < 1.29 is 71.1 Å². The SMILES string of the molecule is [O-][N+](F)(F)C(F)(F)C(F)(F)C(F)(F)C(F)(F)C(F)(F)C(F)(F)F. The van der Waals surface area contributed by atoms with Crippen molar-refractivity contribution in [2.75, 3.05) is 0 Å². The summed E-state index contributed by atoms with van der Waals surface area (Å²) in [7, 11) is 0. The number of halogens is 15. The molecule has 23 heavy (non-hydrogen) atoms. The number of alkyl halides is 13. The van der Waals surface area contributed by atoms with Crippen LogP contribution < -0.4 is 0 Å². The molecule has 0 unspecified atom stereocenters. The first-order valence-electron chi connectivity index (χ1n) is 4.45. The lowest BCUT2D eigenvalue weighted by atomic mass is 9.97. The first-order chi connectivity index (χ1) is 9.50. The van der Waals surface area contributed by atoms with Crippen molar-refractivity contribution in [3.05, 3.63) is 5.21 Å². The largest absolute Gasteiger partial charge is 0.548 e. The monoisotopic (exact) mass is 387 g/mol. The molecule has 0 rings (SSSR count). The topological polar surface area (TPSA) is 23.1 Å². The van der Waals surface area contributed by atoms with Gasteiger partial charge in [0.15, 0.2) is 0 Å². The number of nitrogens with zero attached hydrogens (tertiary/aromatic N) is 1. The summed E-state index contributed by atoms with van der Waals surface area (Å²) in [6.07, 6.45) is -7.65. The second-order valence-corrected chi connectivity index (χ2v) is 3.80. The Hall–Kier alpha value is -1.13. The third kappa shape index (κ3) is 2.66. The van der Waals surface area contributed by atoms with Gasteiger partial charge in [0, 0.05) is 8.96 Å². The van der Waals surface area contributed by atoms with Crippen LogP contribution in [0, 0.1) is 5.21 Å². The zero-order valence-electron chi connectivity index (χ0n) is 9.52. The predicted molar refractivity (Wildman–Crippen MR) is 36.6 cm³/mol. The summed E-state index contributed by atoms with van der Waals surface area (Å²) in [6, 6.07) is -8.00. The molecule has 0 saturated heterocycles. The van der Waals surface area contributed by atoms with E-state index >= 15 is 0 Å². The molecule has 140 valence electrons. The summed E-state index contributed by atoms with van der Waals surface area (Å²) in [5, 5.41) is 2.67. The fraction of sp³-hybridized carbons (Fsp3) is 1.00. The highest BCUT2D eigenvalue weighted by Gasteiger charge is 2.95. The molecule has 0 atom stereocenters. The number of rotatable bonds is 5. The van der Waals surface area contributed by atoms with Gasteiger partial charge in [0.25, 0.3) is 0 Å². The van der Waals surface area contributed by atoms with E-state index in [1.54, 1.807) is 0 Å². The minimum Gasteiger partial charge on any atom is -0.548 e. The van der Waals surface area contributed by atoms with Crippen molar-refractivity contribution in [2.24, 2.45) is 0 Å². The Bertz CT molecular complexity index is 404. The Balaban J connectivity index is 6.37. The predicted octanol–water partition coefficient (Wildman–Crippen LogP) is 4.77. The molecule has 0 fully saturated rings. The molecule has 0 aliphatic carbocycles. The molecule has 0 heterocycles. The summed E-state index contributed by atoms with van der Waals surface area (Å²) >= 11 is 0. The minimum atomic E-state index is -8.41. The van der Waals surface area contributed by atoms with Crippen molar-refractivity contribution in [1.82, 2.24) is 0 Å². The highest BCUT2D eigenvalue weighted by atomic mass is 19.4. The number of quaternary nitrogens is 1. The van der Waals surface area contributed by atoms with Gasteiger partial charge in [-0.2, -0.15) is 48.3 Å². The van der Waals surface area contributed by atoms with Crippen molar-refractivity contribution in [2.45, 2.75) is 35.9 Å². The third-order valence-corrected chi connectivity index (χ3v) is 2.24. The zero-order valence-corrected chi connectivity index (χ0v) is 9.52. The molecule has 0 saturated carbocycles. The van der Waals surface area contributed by atoms with Gasteiger partial charge in [0.05, 0.1) is 0 Å². The quantitative estimate of drug-likeness (QED) is 0.289. The van der Waals surface area contributed by atoms with E-state index in [4.69, 9.17) is 0 Å². The van der Waals surface area contributed by atoms with Crippen LogP contribution in [-0.4, -0.2) is 41.0 Å². The molecule has 0 spiro atoms. The van der Waals surface area contributed by atoms with E-state index in [9.17, 15) is 71.2 Å². The second-order valence-electron chi connectivity index (χ2n) is 3.80. The lowest BCUT2D eigenvalue weighted by Crippen LogP contribution is -2.73. The normalized spacial score (nSPS) is 16.7. The summed E-state index contributed by atoms with van der Waals surface area (Å²) in [5.41, 5.74) is 0. The van der Waals surface area contributed by atoms with Gasteiger partial charge in [-0.05, 0) is 0 Å². The van der Waals surface area contributed by atoms with Crippen LogP contribution in [-0.2, 0) is 0 Å². The summed E-state index contributed by atoms with van der Waals surface area (Å²) in [6.45, 7) is 0. The van der Waals surface area contributed by atoms with Crippen molar-refractivity contribution in [3.8, 4) is 0 Å². The third-order valence-electron chi connectivity index (χ3n) is 2.24. The Morgan fingerprint density at radius 1 is 0.478 bits per heavy atom. The van der Waals surface area contributed by atoms with Crippen molar-refractivity contribution in [3.63, 3.8) is 0 Å². The zero-order chi connectivity index (χ0) is 19.5. The number of hydrogen-bond donors (Lipinski definition) is 0. The minimum absolute atomic E-state index is 6.71. The van der Waals surface area contributed by atoms with E-state index in [1.807, 2.05) is 0 Å². The van der Waals surface area contributed by atoms with Gasteiger partial charge < -0.3 is 5.21 Å². The molecule has 0 aliphatic heterocycles. The fourth-order valence-electron chi connectivity index (χ4n) is 0.925. The smallest absolute Gasteiger partial charge is 0.535 e. The van der Waals surface area contributed by atoms with Crippen LogP contribution in [0.4, 0.5) is 66.0 Å². The van der Waals surface area contributed by atoms with E-state index in [1.165, 1.54) is 0 Å². The summed E-state index contributed by atoms with van der Waals surface area (Å²) < 4.78 is 182. The van der Waals surface area contributed by atoms with E-state index < -0.39 is 41.0 Å². The lowest BCUT2D eigenvalue weighted by Gasteiger charge is -2.39. The molecular formula is C6F15NO. The highest BCUT2D eigenvalue weighted by Crippen LogP contribution is 2.61. The maximum absolute atomic E-state index is 12.6. The first kappa shape index (κ1) is 21.9. The number of hydrogen-bond acceptors (Lipinski definition) is 1. The van der Waals surface area contributed by atoms with Crippen LogP contribution >= 0.6 is 0 Å². The molecule has 2 nitrogen and oxygen atoms in total.